The van der Waals surface area contributed by atoms with Gasteiger partial charge in [-0.2, -0.15) is 0 Å². The second-order valence-corrected chi connectivity index (χ2v) is 16.4. The van der Waals surface area contributed by atoms with Crippen molar-refractivity contribution in [2.45, 2.75) is 125 Å². The van der Waals surface area contributed by atoms with E-state index in [0.29, 0.717) is 0 Å². The van der Waals surface area contributed by atoms with E-state index < -0.39 is 98.3 Å². The van der Waals surface area contributed by atoms with Crippen LogP contribution in [0.4, 0.5) is 0 Å². The summed E-state index contributed by atoms with van der Waals surface area (Å²) in [4.78, 5) is 11.5. The van der Waals surface area contributed by atoms with Crippen molar-refractivity contribution in [1.29, 1.82) is 0 Å². The van der Waals surface area contributed by atoms with Gasteiger partial charge in [0.25, 0.3) is 0 Å². The Labute approximate surface area is 395 Å². The van der Waals surface area contributed by atoms with Gasteiger partial charge in [0.2, 0.25) is 0 Å². The molecule has 2 saturated heterocycles. The molecule has 0 spiro atoms. The molecule has 1 aliphatic carbocycles. The third-order valence-electron chi connectivity index (χ3n) is 11.9. The number of hydrogen-bond donors (Lipinski definition) is 3. The summed E-state index contributed by atoms with van der Waals surface area (Å²) in [5.74, 6) is 0. The Kier molecular flexibility index (Phi) is 19.0. The third kappa shape index (κ3) is 13.5. The molecular formula is C46H52N12O11. The lowest BCUT2D eigenvalue weighted by Gasteiger charge is -2.50. The number of azide groups is 4. The standard InChI is InChI=1S/C46H52N12O11/c47-55-51-22-34-38(60)39(61)36(54-58-50)45(66-34)68-40-33(53-57-49)21-32(52-56-48)37(59)42(40)69-46-44(65-26-31-19-11-4-12-20-31)43(64-25-30-17-9-3-10-18-30)41(63-24-29-15-7-2-8-16-29)35(67-46)27-62-23-28-13-5-1-6-14-28/h1-20,32-46,59-61H,21-27H2/t32-,33+,34-,35-,36-,37+,38-,39-,40-,41-,42-,43+,44+,45-,46-/m1/s1. The molecule has 2 aliphatic heterocycles. The van der Waals surface area contributed by atoms with Crippen molar-refractivity contribution in [2.24, 2.45) is 20.5 Å². The Morgan fingerprint density at radius 2 is 0.957 bits per heavy atom. The van der Waals surface area contributed by atoms with Gasteiger partial charge in [-0.3, -0.25) is 0 Å². The summed E-state index contributed by atoms with van der Waals surface area (Å²) in [6.07, 6.45) is -17.2. The third-order valence-corrected chi connectivity index (χ3v) is 11.9. The summed E-state index contributed by atoms with van der Waals surface area (Å²) >= 11 is 0. The molecule has 0 amide bonds. The summed E-state index contributed by atoms with van der Waals surface area (Å²) in [6, 6.07) is 33.7. The van der Waals surface area contributed by atoms with E-state index in [1.54, 1.807) is 0 Å². The maximum Gasteiger partial charge on any atom is 0.187 e. The maximum atomic E-state index is 12.2. The second kappa shape index (κ2) is 25.9. The molecule has 23 nitrogen and oxygen atoms in total. The van der Waals surface area contributed by atoms with Gasteiger partial charge < -0.3 is 53.2 Å². The highest BCUT2D eigenvalue weighted by molar-refractivity contribution is 5.17. The molecule has 2 heterocycles. The van der Waals surface area contributed by atoms with Crippen LogP contribution in [0.3, 0.4) is 0 Å². The maximum absolute atomic E-state index is 12.2. The zero-order valence-electron chi connectivity index (χ0n) is 37.1. The van der Waals surface area contributed by atoms with Crippen LogP contribution in [0.2, 0.25) is 0 Å². The molecule has 0 unspecified atom stereocenters. The van der Waals surface area contributed by atoms with Gasteiger partial charge in [0.1, 0.15) is 42.7 Å². The first-order valence-corrected chi connectivity index (χ1v) is 22.2. The number of aliphatic hydroxyl groups is 3. The molecule has 3 N–H and O–H groups in total. The molecule has 4 aromatic carbocycles. The fraction of sp³-hybridized carbons (Fsp3) is 0.478. The van der Waals surface area contributed by atoms with E-state index in [1.807, 2.05) is 121 Å². The van der Waals surface area contributed by atoms with Crippen molar-refractivity contribution in [2.75, 3.05) is 13.2 Å². The Bertz CT molecular complexity index is 2400. The molecule has 3 fully saturated rings. The van der Waals surface area contributed by atoms with Gasteiger partial charge in [-0.05, 0) is 50.8 Å². The lowest BCUT2D eigenvalue weighted by Crippen LogP contribution is -2.66. The summed E-state index contributed by atoms with van der Waals surface area (Å²) in [6.45, 7) is -0.0718. The smallest absolute Gasteiger partial charge is 0.187 e. The minimum Gasteiger partial charge on any atom is -0.390 e. The van der Waals surface area contributed by atoms with Crippen LogP contribution in [0.25, 0.3) is 41.8 Å². The predicted octanol–water partition coefficient (Wildman–Crippen LogP) is 7.01. The van der Waals surface area contributed by atoms with Gasteiger partial charge in [0.15, 0.2) is 12.6 Å². The van der Waals surface area contributed by atoms with Crippen LogP contribution in [0.15, 0.2) is 142 Å². The molecule has 0 radical (unpaired) electrons. The molecule has 23 heteroatoms. The minimum atomic E-state index is -1.80. The molecule has 69 heavy (non-hydrogen) atoms. The van der Waals surface area contributed by atoms with E-state index in [4.69, 9.17) is 43.4 Å². The van der Waals surface area contributed by atoms with Crippen molar-refractivity contribution < 1.29 is 53.2 Å². The van der Waals surface area contributed by atoms with Crippen LogP contribution in [0.5, 0.6) is 0 Å². The van der Waals surface area contributed by atoms with Crippen molar-refractivity contribution in [1.82, 2.24) is 0 Å². The Hall–Kier alpha value is -6.32. The van der Waals surface area contributed by atoms with Crippen LogP contribution in [-0.4, -0.2) is 120 Å². The van der Waals surface area contributed by atoms with Gasteiger partial charge in [0.05, 0.1) is 76.1 Å². The van der Waals surface area contributed by atoms with E-state index >= 15 is 0 Å². The molecular weight excluding hydrogens is 897 g/mol. The summed E-state index contributed by atoms with van der Waals surface area (Å²) in [7, 11) is 0. The zero-order valence-corrected chi connectivity index (χ0v) is 37.1. The van der Waals surface area contributed by atoms with Crippen molar-refractivity contribution in [3.8, 4) is 0 Å². The summed E-state index contributed by atoms with van der Waals surface area (Å²) in [5, 5.41) is 49.1. The largest absolute Gasteiger partial charge is 0.390 e. The fourth-order valence-electron chi connectivity index (χ4n) is 8.49. The lowest BCUT2D eigenvalue weighted by molar-refractivity contribution is -0.357. The van der Waals surface area contributed by atoms with Crippen LogP contribution in [0.1, 0.15) is 28.7 Å². The first-order chi connectivity index (χ1) is 33.8. The van der Waals surface area contributed by atoms with Crippen LogP contribution in [-0.2, 0) is 64.3 Å². The predicted molar refractivity (Wildman–Crippen MR) is 244 cm³/mol. The first-order valence-electron chi connectivity index (χ1n) is 22.2. The number of rotatable bonds is 22. The van der Waals surface area contributed by atoms with Gasteiger partial charge in [-0.1, -0.05) is 142 Å². The first kappa shape index (κ1) is 50.6. The molecule has 4 aromatic rings. The van der Waals surface area contributed by atoms with E-state index in [0.717, 1.165) is 22.3 Å². The van der Waals surface area contributed by atoms with Crippen molar-refractivity contribution in [3.05, 3.63) is 185 Å². The van der Waals surface area contributed by atoms with Crippen molar-refractivity contribution >= 4 is 0 Å². The number of ether oxygens (including phenoxy) is 8. The van der Waals surface area contributed by atoms with Gasteiger partial charge in [0, 0.05) is 19.6 Å². The molecule has 3 aliphatic rings. The van der Waals surface area contributed by atoms with Crippen LogP contribution in [0, 0.1) is 0 Å². The van der Waals surface area contributed by atoms with E-state index in [1.165, 1.54) is 0 Å². The fourth-order valence-corrected chi connectivity index (χ4v) is 8.49. The molecule has 0 aromatic heterocycles. The Morgan fingerprint density at radius 3 is 1.49 bits per heavy atom. The number of benzene rings is 4. The highest BCUT2D eigenvalue weighted by Crippen LogP contribution is 2.38. The summed E-state index contributed by atoms with van der Waals surface area (Å²) in [5.41, 5.74) is 41.4. The van der Waals surface area contributed by atoms with E-state index in [9.17, 15) is 31.9 Å². The SMILES string of the molecule is [N-]=[N+]=NC[C@H]1O[C@H](O[C@H]2[C@H](O[C@H]3O[C@H](COCc4ccccc4)[C@@H](OCc4ccccc4)[C@H](OCc4ccccc4)[C@@H]3OCc3ccccc3)[C@@H](O)[C@H](N=[N+]=[N-])C[C@@H]2N=[N+]=[N-])[C@H](N=[N+]=[N-])[C@@H](O)[C@@H]1O. The van der Waals surface area contributed by atoms with Gasteiger partial charge in [-0.25, -0.2) is 0 Å². The Morgan fingerprint density at radius 1 is 0.478 bits per heavy atom. The zero-order chi connectivity index (χ0) is 48.4. The highest BCUT2D eigenvalue weighted by Gasteiger charge is 2.55. The highest BCUT2D eigenvalue weighted by atomic mass is 16.7. The molecule has 0 bridgehead atoms. The average molecular weight is 949 g/mol. The van der Waals surface area contributed by atoms with Crippen LogP contribution >= 0.6 is 0 Å². The number of hydrogen-bond acceptors (Lipinski definition) is 15. The number of nitrogens with zero attached hydrogens (tertiary/aromatic N) is 12. The Balaban J connectivity index is 1.31. The summed E-state index contributed by atoms with van der Waals surface area (Å²) < 4.78 is 52.8. The lowest BCUT2D eigenvalue weighted by atomic mass is 9.84. The topological polar surface area (TPSA) is 330 Å². The molecule has 7 rings (SSSR count). The van der Waals surface area contributed by atoms with Crippen molar-refractivity contribution in [3.63, 3.8) is 0 Å². The molecule has 362 valence electrons. The number of aliphatic hydroxyl groups excluding tert-OH is 3. The van der Waals surface area contributed by atoms with Gasteiger partial charge in [-0.15, -0.1) is 0 Å². The second-order valence-electron chi connectivity index (χ2n) is 16.4. The molecule has 15 atom stereocenters. The monoisotopic (exact) mass is 948 g/mol. The van der Waals surface area contributed by atoms with E-state index in [-0.39, 0.29) is 39.5 Å². The average Bonchev–Trinajstić information content (AvgIpc) is 3.38. The van der Waals surface area contributed by atoms with Gasteiger partial charge >= 0.3 is 0 Å². The normalized spacial score (nSPS) is 30.9. The minimum absolute atomic E-state index is 0.0207. The molecule has 1 saturated carbocycles. The quantitative estimate of drug-likeness (QED) is 0.0408. The van der Waals surface area contributed by atoms with E-state index in [2.05, 4.69) is 40.1 Å². The van der Waals surface area contributed by atoms with Crippen LogP contribution < -0.4 is 0 Å².